The van der Waals surface area contributed by atoms with Crippen molar-refractivity contribution in [3.05, 3.63) is 24.2 Å². The highest BCUT2D eigenvalue weighted by atomic mass is 19.4. The van der Waals surface area contributed by atoms with E-state index < -0.39 is 18.1 Å². The number of carbonyl (C=O) groups excluding carboxylic acids is 1. The Labute approximate surface area is 77.9 Å². The summed E-state index contributed by atoms with van der Waals surface area (Å²) in [5.41, 5.74) is 0. The quantitative estimate of drug-likeness (QED) is 0.805. The van der Waals surface area contributed by atoms with E-state index in [0.29, 0.717) is 0 Å². The van der Waals surface area contributed by atoms with Crippen LogP contribution < -0.4 is 5.32 Å². The van der Waals surface area contributed by atoms with Crippen LogP contribution in [-0.4, -0.2) is 18.1 Å². The number of carbonyl (C=O) groups is 1. The highest BCUT2D eigenvalue weighted by Gasteiger charge is 2.37. The average molecular weight is 207 g/mol. The molecule has 0 saturated carbocycles. The summed E-state index contributed by atoms with van der Waals surface area (Å²) < 4.78 is 40.6. The van der Waals surface area contributed by atoms with Crippen LogP contribution >= 0.6 is 0 Å². The van der Waals surface area contributed by atoms with Crippen molar-refractivity contribution in [3.63, 3.8) is 0 Å². The second kappa shape index (κ2) is 3.73. The Morgan fingerprint density at radius 2 is 2.21 bits per heavy atom. The van der Waals surface area contributed by atoms with Gasteiger partial charge in [-0.15, -0.1) is 0 Å². The highest BCUT2D eigenvalue weighted by molar-refractivity contribution is 5.91. The second-order valence-corrected chi connectivity index (χ2v) is 2.71. The number of furan rings is 1. The molecule has 1 aromatic rings. The zero-order chi connectivity index (χ0) is 10.8. The smallest absolute Gasteiger partial charge is 0.408 e. The van der Waals surface area contributed by atoms with Gasteiger partial charge in [0.2, 0.25) is 0 Å². The minimum absolute atomic E-state index is 0.138. The van der Waals surface area contributed by atoms with Crippen molar-refractivity contribution in [3.8, 4) is 0 Å². The zero-order valence-corrected chi connectivity index (χ0v) is 7.26. The van der Waals surface area contributed by atoms with Crippen molar-refractivity contribution in [1.29, 1.82) is 0 Å². The van der Waals surface area contributed by atoms with E-state index in [0.717, 1.165) is 6.92 Å². The normalized spacial score (nSPS) is 13.7. The lowest BCUT2D eigenvalue weighted by molar-refractivity contribution is -0.149. The van der Waals surface area contributed by atoms with E-state index in [4.69, 9.17) is 0 Å². The van der Waals surface area contributed by atoms with Crippen LogP contribution in [0.15, 0.2) is 22.8 Å². The first-order valence-corrected chi connectivity index (χ1v) is 3.82. The number of nitrogens with one attached hydrogen (secondary N) is 1. The summed E-state index contributed by atoms with van der Waals surface area (Å²) in [6.45, 7) is 0.862. The van der Waals surface area contributed by atoms with E-state index in [-0.39, 0.29) is 5.76 Å². The predicted molar refractivity (Wildman–Crippen MR) is 41.7 cm³/mol. The van der Waals surface area contributed by atoms with Crippen molar-refractivity contribution in [2.45, 2.75) is 19.1 Å². The van der Waals surface area contributed by atoms with Crippen molar-refractivity contribution >= 4 is 5.91 Å². The second-order valence-electron chi connectivity index (χ2n) is 2.71. The molecular weight excluding hydrogens is 199 g/mol. The lowest BCUT2D eigenvalue weighted by Gasteiger charge is -2.15. The third-order valence-electron chi connectivity index (χ3n) is 1.58. The molecule has 6 heteroatoms. The maximum absolute atomic E-state index is 12.0. The fraction of sp³-hybridized carbons (Fsp3) is 0.375. The number of amides is 1. The van der Waals surface area contributed by atoms with Gasteiger partial charge in [0.05, 0.1) is 6.26 Å². The van der Waals surface area contributed by atoms with E-state index in [2.05, 4.69) is 4.42 Å². The number of hydrogen-bond donors (Lipinski definition) is 1. The first-order valence-electron chi connectivity index (χ1n) is 3.82. The van der Waals surface area contributed by atoms with Gasteiger partial charge in [0.1, 0.15) is 6.04 Å². The van der Waals surface area contributed by atoms with Gasteiger partial charge in [0.15, 0.2) is 5.76 Å². The lowest BCUT2D eigenvalue weighted by Crippen LogP contribution is -2.42. The maximum atomic E-state index is 12.0. The number of alkyl halides is 3. The molecule has 1 atom stereocenters. The third-order valence-corrected chi connectivity index (χ3v) is 1.58. The molecular formula is C8H8F3NO2. The molecule has 78 valence electrons. The Bertz CT molecular complexity index is 305. The Morgan fingerprint density at radius 3 is 2.64 bits per heavy atom. The van der Waals surface area contributed by atoms with Gasteiger partial charge in [0.25, 0.3) is 5.91 Å². The van der Waals surface area contributed by atoms with Gasteiger partial charge in [-0.1, -0.05) is 0 Å². The Morgan fingerprint density at radius 1 is 1.57 bits per heavy atom. The summed E-state index contributed by atoms with van der Waals surface area (Å²) in [6.07, 6.45) is -3.23. The molecule has 1 heterocycles. The highest BCUT2D eigenvalue weighted by Crippen LogP contribution is 2.19. The van der Waals surface area contributed by atoms with Crippen molar-refractivity contribution in [1.82, 2.24) is 5.32 Å². The molecule has 0 aromatic carbocycles. The predicted octanol–water partition coefficient (Wildman–Crippen LogP) is 1.96. The monoisotopic (exact) mass is 207 g/mol. The molecule has 0 aliphatic heterocycles. The molecule has 0 fully saturated rings. The largest absolute Gasteiger partial charge is 0.459 e. The van der Waals surface area contributed by atoms with Crippen LogP contribution in [0.1, 0.15) is 17.5 Å². The van der Waals surface area contributed by atoms with Gasteiger partial charge in [-0.2, -0.15) is 13.2 Å². The van der Waals surface area contributed by atoms with Crippen LogP contribution in [0.4, 0.5) is 13.2 Å². The van der Waals surface area contributed by atoms with Gasteiger partial charge >= 0.3 is 6.18 Å². The molecule has 0 aliphatic carbocycles. The van der Waals surface area contributed by atoms with Crippen molar-refractivity contribution in [2.24, 2.45) is 0 Å². The molecule has 1 rings (SSSR count). The maximum Gasteiger partial charge on any atom is 0.408 e. The van der Waals surface area contributed by atoms with E-state index in [1.807, 2.05) is 0 Å². The van der Waals surface area contributed by atoms with E-state index in [1.54, 1.807) is 5.32 Å². The van der Waals surface area contributed by atoms with Crippen LogP contribution in [-0.2, 0) is 0 Å². The van der Waals surface area contributed by atoms with Crippen LogP contribution in [0, 0.1) is 0 Å². The molecule has 1 N–H and O–H groups in total. The summed E-state index contributed by atoms with van der Waals surface area (Å²) in [4.78, 5) is 11.1. The molecule has 3 nitrogen and oxygen atoms in total. The molecule has 14 heavy (non-hydrogen) atoms. The first-order chi connectivity index (χ1) is 6.41. The molecule has 1 unspecified atom stereocenters. The third kappa shape index (κ3) is 2.51. The molecule has 1 amide bonds. The molecule has 0 saturated heterocycles. The van der Waals surface area contributed by atoms with Gasteiger partial charge in [0, 0.05) is 0 Å². The Hall–Kier alpha value is -1.46. The standard InChI is InChI=1S/C8H8F3NO2/c1-5(8(9,10)11)12-7(13)6-3-2-4-14-6/h2-5H,1H3,(H,12,13). The summed E-state index contributed by atoms with van der Waals surface area (Å²) in [6, 6.07) is 0.825. The summed E-state index contributed by atoms with van der Waals surface area (Å²) in [5, 5.41) is 1.76. The van der Waals surface area contributed by atoms with Crippen LogP contribution in [0.2, 0.25) is 0 Å². The van der Waals surface area contributed by atoms with Crippen LogP contribution in [0.25, 0.3) is 0 Å². The van der Waals surface area contributed by atoms with Gasteiger partial charge in [-0.25, -0.2) is 0 Å². The molecule has 0 bridgehead atoms. The molecule has 0 radical (unpaired) electrons. The first kappa shape index (κ1) is 10.6. The van der Waals surface area contributed by atoms with E-state index in [9.17, 15) is 18.0 Å². The number of rotatable bonds is 2. The minimum Gasteiger partial charge on any atom is -0.459 e. The van der Waals surface area contributed by atoms with Gasteiger partial charge in [-0.3, -0.25) is 4.79 Å². The average Bonchev–Trinajstić information content (AvgIpc) is 2.53. The molecule has 1 aromatic heterocycles. The summed E-state index contributed by atoms with van der Waals surface area (Å²) in [7, 11) is 0. The summed E-state index contributed by atoms with van der Waals surface area (Å²) in [5.74, 6) is -1.01. The lowest BCUT2D eigenvalue weighted by atomic mass is 10.3. The van der Waals surface area contributed by atoms with Crippen molar-refractivity contribution in [2.75, 3.05) is 0 Å². The Kier molecular flexibility index (Phi) is 2.83. The fourth-order valence-electron chi connectivity index (χ4n) is 0.757. The Balaban J connectivity index is 2.58. The van der Waals surface area contributed by atoms with Crippen molar-refractivity contribution < 1.29 is 22.4 Å². The minimum atomic E-state index is -4.44. The zero-order valence-electron chi connectivity index (χ0n) is 7.26. The molecule has 0 aliphatic rings. The summed E-state index contributed by atoms with van der Waals surface area (Å²) >= 11 is 0. The van der Waals surface area contributed by atoms with Gasteiger partial charge < -0.3 is 9.73 Å². The topological polar surface area (TPSA) is 42.2 Å². The fourth-order valence-corrected chi connectivity index (χ4v) is 0.757. The van der Waals surface area contributed by atoms with Crippen LogP contribution in [0.3, 0.4) is 0 Å². The van der Waals surface area contributed by atoms with E-state index >= 15 is 0 Å². The van der Waals surface area contributed by atoms with Gasteiger partial charge in [-0.05, 0) is 19.1 Å². The number of halogens is 3. The molecule has 0 spiro atoms. The van der Waals surface area contributed by atoms with E-state index in [1.165, 1.54) is 18.4 Å². The number of hydrogen-bond acceptors (Lipinski definition) is 2. The SMILES string of the molecule is CC(NC(=O)c1ccco1)C(F)(F)F. The van der Waals surface area contributed by atoms with Crippen LogP contribution in [0.5, 0.6) is 0 Å².